The highest BCUT2D eigenvalue weighted by molar-refractivity contribution is 5.46. The third-order valence-electron chi connectivity index (χ3n) is 3.32. The van der Waals surface area contributed by atoms with Crippen molar-refractivity contribution < 1.29 is 4.74 Å². The molecule has 0 N–H and O–H groups in total. The second-order valence-electron chi connectivity index (χ2n) is 5.08. The molecular formula is C18H19NO. The van der Waals surface area contributed by atoms with E-state index in [0.29, 0.717) is 6.61 Å². The van der Waals surface area contributed by atoms with Crippen molar-refractivity contribution in [2.75, 3.05) is 0 Å². The molecule has 2 rings (SSSR count). The van der Waals surface area contributed by atoms with Crippen molar-refractivity contribution >= 4 is 0 Å². The Morgan fingerprint density at radius 1 is 1.15 bits per heavy atom. The normalized spacial score (nSPS) is 11.7. The molecular weight excluding hydrogens is 246 g/mol. The summed E-state index contributed by atoms with van der Waals surface area (Å²) < 4.78 is 5.99. The largest absolute Gasteiger partial charge is 0.488 e. The summed E-state index contributed by atoms with van der Waals surface area (Å²) in [7, 11) is 0. The minimum atomic E-state index is -0.181. The second kappa shape index (κ2) is 6.25. The molecule has 20 heavy (non-hydrogen) atoms. The Balaban J connectivity index is 2.29. The Hall–Kier alpha value is -2.27. The average Bonchev–Trinajstić information content (AvgIpc) is 2.46. The second-order valence-corrected chi connectivity index (χ2v) is 5.08. The Bertz CT molecular complexity index is 626. The zero-order valence-electron chi connectivity index (χ0n) is 12.2. The first-order chi connectivity index (χ1) is 9.61. The first kappa shape index (κ1) is 14.1. The predicted octanol–water partition coefficient (Wildman–Crippen LogP) is 4.86. The molecule has 0 heterocycles. The van der Waals surface area contributed by atoms with E-state index in [9.17, 15) is 0 Å². The molecule has 0 saturated heterocycles. The van der Waals surface area contributed by atoms with Gasteiger partial charge in [0.1, 0.15) is 12.4 Å². The van der Waals surface area contributed by atoms with Gasteiger partial charge in [0.05, 0.1) is 5.56 Å². The summed E-state index contributed by atoms with van der Waals surface area (Å²) in [6.45, 7) is 13.8. The fourth-order valence-corrected chi connectivity index (χ4v) is 2.29. The van der Waals surface area contributed by atoms with Crippen molar-refractivity contribution in [2.24, 2.45) is 0 Å². The van der Waals surface area contributed by atoms with Crippen LogP contribution in [0.25, 0.3) is 4.85 Å². The third kappa shape index (κ3) is 3.19. The Labute approximate surface area is 120 Å². The Morgan fingerprint density at radius 2 is 1.85 bits per heavy atom. The number of aryl methyl sites for hydroxylation is 2. The molecule has 0 spiro atoms. The van der Waals surface area contributed by atoms with Crippen molar-refractivity contribution in [1.29, 1.82) is 0 Å². The number of ether oxygens (including phenoxy) is 1. The van der Waals surface area contributed by atoms with E-state index in [1.165, 1.54) is 5.56 Å². The fourth-order valence-electron chi connectivity index (χ4n) is 2.29. The van der Waals surface area contributed by atoms with Crippen LogP contribution < -0.4 is 4.74 Å². The molecule has 0 aliphatic heterocycles. The van der Waals surface area contributed by atoms with Crippen LogP contribution in [0, 0.1) is 20.4 Å². The quantitative estimate of drug-likeness (QED) is 0.719. The van der Waals surface area contributed by atoms with Crippen molar-refractivity contribution in [3.8, 4) is 5.75 Å². The van der Waals surface area contributed by atoms with E-state index in [-0.39, 0.29) is 6.04 Å². The summed E-state index contributed by atoms with van der Waals surface area (Å²) >= 11 is 0. The molecule has 0 fully saturated rings. The van der Waals surface area contributed by atoms with Crippen LogP contribution in [-0.2, 0) is 6.61 Å². The number of hydrogen-bond donors (Lipinski definition) is 0. The molecule has 102 valence electrons. The first-order valence-corrected chi connectivity index (χ1v) is 6.76. The molecule has 0 saturated carbocycles. The van der Waals surface area contributed by atoms with Gasteiger partial charge in [0, 0.05) is 6.92 Å². The number of rotatable bonds is 4. The molecule has 1 unspecified atom stereocenters. The highest BCUT2D eigenvalue weighted by atomic mass is 16.5. The van der Waals surface area contributed by atoms with Gasteiger partial charge in [-0.05, 0) is 31.0 Å². The zero-order valence-corrected chi connectivity index (χ0v) is 12.2. The summed E-state index contributed by atoms with van der Waals surface area (Å²) in [6.07, 6.45) is 0. The fraction of sp³-hybridized carbons (Fsp3) is 0.278. The standard InChI is InChI=1S/C18H19NO/c1-13-10-14(2)18(17(11-13)15(3)19-4)20-12-16-8-6-5-7-9-16/h5-11,15H,12H2,1-3H3. The minimum absolute atomic E-state index is 0.181. The van der Waals surface area contributed by atoms with Crippen LogP contribution in [0.4, 0.5) is 0 Å². The van der Waals surface area contributed by atoms with Gasteiger partial charge >= 0.3 is 0 Å². The Morgan fingerprint density at radius 3 is 2.50 bits per heavy atom. The maximum absolute atomic E-state index is 7.25. The Kier molecular flexibility index (Phi) is 4.42. The smallest absolute Gasteiger partial charge is 0.249 e. The van der Waals surface area contributed by atoms with E-state index in [0.717, 1.165) is 22.4 Å². The summed E-state index contributed by atoms with van der Waals surface area (Å²) in [6, 6.07) is 14.1. The van der Waals surface area contributed by atoms with Crippen molar-refractivity contribution in [2.45, 2.75) is 33.4 Å². The number of benzene rings is 2. The SMILES string of the molecule is [C-]#[N+]C(C)c1cc(C)cc(C)c1OCc1ccccc1. The number of nitrogens with zero attached hydrogens (tertiary/aromatic N) is 1. The molecule has 2 aromatic rings. The molecule has 1 atom stereocenters. The molecule has 0 bridgehead atoms. The van der Waals surface area contributed by atoms with Gasteiger partial charge in [-0.2, -0.15) is 0 Å². The molecule has 2 heteroatoms. The third-order valence-corrected chi connectivity index (χ3v) is 3.32. The van der Waals surface area contributed by atoms with Gasteiger partial charge < -0.3 is 9.58 Å². The topological polar surface area (TPSA) is 13.6 Å². The maximum Gasteiger partial charge on any atom is 0.249 e. The van der Waals surface area contributed by atoms with Crippen LogP contribution in [0.3, 0.4) is 0 Å². The van der Waals surface area contributed by atoms with Crippen LogP contribution in [0.15, 0.2) is 42.5 Å². The monoisotopic (exact) mass is 265 g/mol. The van der Waals surface area contributed by atoms with E-state index in [1.54, 1.807) is 0 Å². The van der Waals surface area contributed by atoms with Crippen molar-refractivity contribution in [3.05, 3.63) is 76.1 Å². The van der Waals surface area contributed by atoms with E-state index in [2.05, 4.69) is 17.0 Å². The lowest BCUT2D eigenvalue weighted by Crippen LogP contribution is -2.02. The summed E-state index contributed by atoms with van der Waals surface area (Å²) in [4.78, 5) is 3.63. The van der Waals surface area contributed by atoms with Gasteiger partial charge in [-0.25, -0.2) is 6.57 Å². The molecule has 0 aliphatic carbocycles. The van der Waals surface area contributed by atoms with Gasteiger partial charge in [-0.15, -0.1) is 0 Å². The summed E-state index contributed by atoms with van der Waals surface area (Å²) in [5.41, 5.74) is 4.37. The van der Waals surface area contributed by atoms with Crippen LogP contribution >= 0.6 is 0 Å². The molecule has 2 nitrogen and oxygen atoms in total. The van der Waals surface area contributed by atoms with Crippen LogP contribution in [-0.4, -0.2) is 0 Å². The summed E-state index contributed by atoms with van der Waals surface area (Å²) in [5.74, 6) is 0.850. The van der Waals surface area contributed by atoms with Crippen LogP contribution in [0.5, 0.6) is 5.75 Å². The van der Waals surface area contributed by atoms with Crippen LogP contribution in [0.2, 0.25) is 0 Å². The molecule has 0 aliphatic rings. The first-order valence-electron chi connectivity index (χ1n) is 6.76. The van der Waals surface area contributed by atoms with Gasteiger partial charge in [-0.1, -0.05) is 42.0 Å². The maximum atomic E-state index is 7.25. The minimum Gasteiger partial charge on any atom is -0.488 e. The highest BCUT2D eigenvalue weighted by Gasteiger charge is 2.18. The molecule has 2 aromatic carbocycles. The van der Waals surface area contributed by atoms with Crippen LogP contribution in [0.1, 0.15) is 35.2 Å². The molecule has 0 amide bonds. The van der Waals surface area contributed by atoms with Gasteiger partial charge in [0.2, 0.25) is 6.04 Å². The summed E-state index contributed by atoms with van der Waals surface area (Å²) in [5, 5.41) is 0. The number of hydrogen-bond acceptors (Lipinski definition) is 1. The van der Waals surface area contributed by atoms with E-state index in [4.69, 9.17) is 11.3 Å². The lowest BCUT2D eigenvalue weighted by Gasteiger charge is -2.15. The zero-order chi connectivity index (χ0) is 14.5. The lowest BCUT2D eigenvalue weighted by molar-refractivity contribution is 0.300. The molecule has 0 radical (unpaired) electrons. The van der Waals surface area contributed by atoms with Gasteiger partial charge in [-0.3, -0.25) is 0 Å². The van der Waals surface area contributed by atoms with E-state index in [1.807, 2.05) is 51.1 Å². The van der Waals surface area contributed by atoms with E-state index >= 15 is 0 Å². The van der Waals surface area contributed by atoms with Crippen molar-refractivity contribution in [3.63, 3.8) is 0 Å². The highest BCUT2D eigenvalue weighted by Crippen LogP contribution is 2.32. The van der Waals surface area contributed by atoms with Crippen molar-refractivity contribution in [1.82, 2.24) is 0 Å². The lowest BCUT2D eigenvalue weighted by atomic mass is 10.0. The van der Waals surface area contributed by atoms with Gasteiger partial charge in [0.25, 0.3) is 0 Å². The molecule has 0 aromatic heterocycles. The van der Waals surface area contributed by atoms with E-state index < -0.39 is 0 Å². The average molecular weight is 265 g/mol. The van der Waals surface area contributed by atoms with Gasteiger partial charge in [0.15, 0.2) is 0 Å². The predicted molar refractivity (Wildman–Crippen MR) is 81.7 cm³/mol.